The topological polar surface area (TPSA) is 46.5 Å². The van der Waals surface area contributed by atoms with Gasteiger partial charge < -0.3 is 0 Å². The third-order valence-corrected chi connectivity index (χ3v) is 2.18. The molecule has 0 amide bonds. The second kappa shape index (κ2) is 2.73. The maximum atomic E-state index is 12.7. The first-order valence-corrected chi connectivity index (χ1v) is 3.87. The van der Waals surface area contributed by atoms with Gasteiger partial charge in [0.2, 0.25) is 0 Å². The molecule has 1 aliphatic carbocycles. The second-order valence-electron chi connectivity index (χ2n) is 2.99. The maximum absolute atomic E-state index is 12.7. The van der Waals surface area contributed by atoms with Gasteiger partial charge in [0.15, 0.2) is 11.8 Å². The lowest BCUT2D eigenvalue weighted by Crippen LogP contribution is -2.11. The summed E-state index contributed by atoms with van der Waals surface area (Å²) in [4.78, 5) is 21.5. The molecule has 0 bridgehead atoms. The fourth-order valence-electron chi connectivity index (χ4n) is 1.52. The zero-order valence-corrected chi connectivity index (χ0v) is 6.66. The molecule has 1 aromatic carbocycles. The van der Waals surface area contributed by atoms with E-state index < -0.39 is 11.9 Å². The molecule has 0 spiro atoms. The van der Waals surface area contributed by atoms with Crippen LogP contribution in [0.2, 0.25) is 0 Å². The molecule has 66 valence electrons. The molecule has 0 heterocycles. The molecule has 0 aromatic heterocycles. The van der Waals surface area contributed by atoms with Crippen molar-refractivity contribution in [3.05, 3.63) is 40.1 Å². The zero-order valence-electron chi connectivity index (χ0n) is 6.66. The fraction of sp³-hybridized carbons (Fsp3) is 0.222. The molecule has 0 fully saturated rings. The van der Waals surface area contributed by atoms with Crippen molar-refractivity contribution in [2.24, 2.45) is 5.18 Å². The number of hydrogen-bond acceptors (Lipinski definition) is 3. The van der Waals surface area contributed by atoms with Gasteiger partial charge in [-0.15, -0.1) is 0 Å². The summed E-state index contributed by atoms with van der Waals surface area (Å²) in [6.45, 7) is 0. The minimum Gasteiger partial charge on any atom is -0.292 e. The highest BCUT2D eigenvalue weighted by molar-refractivity contribution is 6.04. The number of Topliss-reactive ketones (excluding diaryl/α,β-unsaturated/α-hetero) is 1. The summed E-state index contributed by atoms with van der Waals surface area (Å²) in [5.74, 6) is -0.830. The molecule has 0 N–H and O–H groups in total. The van der Waals surface area contributed by atoms with Crippen molar-refractivity contribution in [1.29, 1.82) is 0 Å². The lowest BCUT2D eigenvalue weighted by atomic mass is 10.1. The number of nitroso groups, excluding NO2 is 1. The Morgan fingerprint density at radius 2 is 2.23 bits per heavy atom. The monoisotopic (exact) mass is 179 g/mol. The predicted molar refractivity (Wildman–Crippen MR) is 44.0 cm³/mol. The predicted octanol–water partition coefficient (Wildman–Crippen LogP) is 1.70. The van der Waals surface area contributed by atoms with Gasteiger partial charge >= 0.3 is 0 Å². The molecular formula is C9H6FNO2. The number of halogens is 1. The van der Waals surface area contributed by atoms with Crippen molar-refractivity contribution in [3.8, 4) is 0 Å². The number of ketones is 1. The van der Waals surface area contributed by atoms with Gasteiger partial charge in [-0.2, -0.15) is 4.91 Å². The summed E-state index contributed by atoms with van der Waals surface area (Å²) in [7, 11) is 0. The average molecular weight is 179 g/mol. The van der Waals surface area contributed by atoms with Gasteiger partial charge in [0, 0.05) is 12.0 Å². The Kier molecular flexibility index (Phi) is 1.69. The number of carbonyl (C=O) groups excluding carboxylic acids is 1. The van der Waals surface area contributed by atoms with Crippen LogP contribution in [0.25, 0.3) is 0 Å². The number of fused-ring (bicyclic) bond motifs is 1. The molecule has 0 aliphatic heterocycles. The highest BCUT2D eigenvalue weighted by Gasteiger charge is 2.31. The van der Waals surface area contributed by atoms with Crippen LogP contribution in [0, 0.1) is 10.7 Å². The van der Waals surface area contributed by atoms with Crippen molar-refractivity contribution < 1.29 is 9.18 Å². The summed E-state index contributed by atoms with van der Waals surface area (Å²) in [5.41, 5.74) is 1.00. The third kappa shape index (κ3) is 1.14. The smallest absolute Gasteiger partial charge is 0.191 e. The lowest BCUT2D eigenvalue weighted by molar-refractivity contribution is 0.0975. The number of hydrogen-bond donors (Lipinski definition) is 0. The zero-order chi connectivity index (χ0) is 9.42. The van der Waals surface area contributed by atoms with E-state index in [9.17, 15) is 14.1 Å². The van der Waals surface area contributed by atoms with Crippen LogP contribution in [0.4, 0.5) is 4.39 Å². The van der Waals surface area contributed by atoms with E-state index in [1.54, 1.807) is 0 Å². The molecular weight excluding hydrogens is 173 g/mol. The molecule has 1 unspecified atom stereocenters. The van der Waals surface area contributed by atoms with Crippen LogP contribution in [0.15, 0.2) is 23.4 Å². The van der Waals surface area contributed by atoms with Crippen molar-refractivity contribution >= 4 is 5.78 Å². The van der Waals surface area contributed by atoms with E-state index in [4.69, 9.17) is 0 Å². The quantitative estimate of drug-likeness (QED) is 0.616. The highest BCUT2D eigenvalue weighted by Crippen LogP contribution is 2.24. The Morgan fingerprint density at radius 3 is 2.92 bits per heavy atom. The molecule has 3 nitrogen and oxygen atoms in total. The van der Waals surface area contributed by atoms with Gasteiger partial charge in [-0.05, 0) is 17.7 Å². The van der Waals surface area contributed by atoms with Crippen molar-refractivity contribution in [1.82, 2.24) is 0 Å². The maximum Gasteiger partial charge on any atom is 0.191 e. The summed E-state index contributed by atoms with van der Waals surface area (Å²) < 4.78 is 12.7. The Bertz CT molecular complexity index is 389. The number of carbonyl (C=O) groups is 1. The van der Waals surface area contributed by atoms with Gasteiger partial charge in [-0.3, -0.25) is 4.79 Å². The highest BCUT2D eigenvalue weighted by atomic mass is 19.1. The first-order valence-electron chi connectivity index (χ1n) is 3.87. The van der Waals surface area contributed by atoms with Gasteiger partial charge in [-0.1, -0.05) is 11.2 Å². The molecule has 1 aliphatic rings. The number of nitrogens with zero attached hydrogens (tertiary/aromatic N) is 1. The van der Waals surface area contributed by atoms with Crippen LogP contribution in [-0.4, -0.2) is 11.8 Å². The molecule has 13 heavy (non-hydrogen) atoms. The standard InChI is InChI=1S/C9H6FNO2/c10-6-2-1-5-3-8(11-13)9(12)7(5)4-6/h1-2,4,8H,3H2. The lowest BCUT2D eigenvalue weighted by Gasteiger charge is -1.94. The van der Waals surface area contributed by atoms with Crippen LogP contribution in [0.5, 0.6) is 0 Å². The van der Waals surface area contributed by atoms with E-state index in [0.717, 1.165) is 6.07 Å². The first kappa shape index (κ1) is 8.04. The van der Waals surface area contributed by atoms with Gasteiger partial charge in [0.25, 0.3) is 0 Å². The summed E-state index contributed by atoms with van der Waals surface area (Å²) in [6, 6.07) is 3.10. The Morgan fingerprint density at radius 1 is 1.46 bits per heavy atom. The van der Waals surface area contributed by atoms with Crippen molar-refractivity contribution in [3.63, 3.8) is 0 Å². The SMILES string of the molecule is O=NC1Cc2ccc(F)cc2C1=O. The van der Waals surface area contributed by atoms with Crippen LogP contribution in [-0.2, 0) is 6.42 Å². The number of rotatable bonds is 1. The Hall–Kier alpha value is -1.58. The van der Waals surface area contributed by atoms with Gasteiger partial charge in [-0.25, -0.2) is 4.39 Å². The largest absolute Gasteiger partial charge is 0.292 e. The van der Waals surface area contributed by atoms with Crippen LogP contribution < -0.4 is 0 Å². The fourth-order valence-corrected chi connectivity index (χ4v) is 1.52. The van der Waals surface area contributed by atoms with E-state index in [1.807, 2.05) is 0 Å². The van der Waals surface area contributed by atoms with E-state index in [2.05, 4.69) is 5.18 Å². The first-order chi connectivity index (χ1) is 6.22. The molecule has 1 aromatic rings. The van der Waals surface area contributed by atoms with Gasteiger partial charge in [0.05, 0.1) is 0 Å². The molecule has 0 saturated heterocycles. The van der Waals surface area contributed by atoms with Crippen molar-refractivity contribution in [2.75, 3.05) is 0 Å². The van der Waals surface area contributed by atoms with E-state index in [1.165, 1.54) is 12.1 Å². The van der Waals surface area contributed by atoms with Crippen LogP contribution in [0.1, 0.15) is 15.9 Å². The third-order valence-electron chi connectivity index (χ3n) is 2.18. The Labute approximate surface area is 73.5 Å². The van der Waals surface area contributed by atoms with Gasteiger partial charge in [0.1, 0.15) is 5.82 Å². The van der Waals surface area contributed by atoms with Crippen LogP contribution in [0.3, 0.4) is 0 Å². The summed E-state index contributed by atoms with van der Waals surface area (Å²) in [5, 5.41) is 2.69. The van der Waals surface area contributed by atoms with E-state index in [0.29, 0.717) is 17.5 Å². The summed E-state index contributed by atoms with van der Waals surface area (Å²) in [6.07, 6.45) is 0.304. The molecule has 4 heteroatoms. The molecule has 0 saturated carbocycles. The second-order valence-corrected chi connectivity index (χ2v) is 2.99. The van der Waals surface area contributed by atoms with Crippen molar-refractivity contribution in [2.45, 2.75) is 12.5 Å². The average Bonchev–Trinajstić information content (AvgIpc) is 2.44. The minimum absolute atomic E-state index is 0.296. The number of benzene rings is 1. The molecule has 0 radical (unpaired) electrons. The van der Waals surface area contributed by atoms with Crippen LogP contribution >= 0.6 is 0 Å². The minimum atomic E-state index is -0.850. The molecule has 1 atom stereocenters. The normalized spacial score (nSPS) is 20.1. The molecule has 2 rings (SSSR count). The summed E-state index contributed by atoms with van der Waals surface area (Å²) >= 11 is 0. The van der Waals surface area contributed by atoms with E-state index >= 15 is 0 Å². The van der Waals surface area contributed by atoms with E-state index in [-0.39, 0.29) is 5.78 Å². The Balaban J connectivity index is 2.50.